The highest BCUT2D eigenvalue weighted by atomic mass is 35.5. The Bertz CT molecular complexity index is 799. The largest absolute Gasteiger partial charge is 0.322 e. The molecule has 108 valence electrons. The van der Waals surface area contributed by atoms with E-state index < -0.39 is 0 Å². The molecule has 0 aliphatic carbocycles. The van der Waals surface area contributed by atoms with E-state index in [-0.39, 0.29) is 5.91 Å². The molecule has 3 rings (SSSR count). The van der Waals surface area contributed by atoms with Crippen LogP contribution in [0.2, 0.25) is 5.02 Å². The van der Waals surface area contributed by atoms with Gasteiger partial charge in [-0.1, -0.05) is 54.1 Å². The molecule has 3 aromatic carbocycles. The zero-order valence-electron chi connectivity index (χ0n) is 11.8. The van der Waals surface area contributed by atoms with E-state index in [0.29, 0.717) is 10.6 Å². The summed E-state index contributed by atoms with van der Waals surface area (Å²) >= 11 is 6.03. The summed E-state index contributed by atoms with van der Waals surface area (Å²) in [4.78, 5) is 12.2. The van der Waals surface area contributed by atoms with Crippen molar-refractivity contribution in [1.29, 1.82) is 0 Å². The fourth-order valence-corrected chi connectivity index (χ4v) is 2.43. The van der Waals surface area contributed by atoms with Crippen LogP contribution < -0.4 is 5.32 Å². The molecule has 0 heterocycles. The number of benzene rings is 3. The number of halogens is 1. The Labute approximate surface area is 134 Å². The van der Waals surface area contributed by atoms with Crippen LogP contribution in [0, 0.1) is 0 Å². The van der Waals surface area contributed by atoms with Crippen molar-refractivity contribution < 1.29 is 4.79 Å². The SMILES string of the molecule is O=C(Nc1cccc(-c2cccc(Cl)c2)c1)c1ccccc1. The van der Waals surface area contributed by atoms with Crippen molar-refractivity contribution in [3.05, 3.63) is 89.4 Å². The van der Waals surface area contributed by atoms with Crippen LogP contribution in [0.4, 0.5) is 5.69 Å². The maximum Gasteiger partial charge on any atom is 0.255 e. The van der Waals surface area contributed by atoms with E-state index in [9.17, 15) is 4.79 Å². The van der Waals surface area contributed by atoms with Crippen LogP contribution in [0.3, 0.4) is 0 Å². The summed E-state index contributed by atoms with van der Waals surface area (Å²) in [6.07, 6.45) is 0. The molecule has 0 fully saturated rings. The van der Waals surface area contributed by atoms with Crippen LogP contribution in [0.5, 0.6) is 0 Å². The molecule has 0 aliphatic heterocycles. The molecule has 0 saturated heterocycles. The van der Waals surface area contributed by atoms with Gasteiger partial charge >= 0.3 is 0 Å². The second-order valence-corrected chi connectivity index (χ2v) is 5.35. The Morgan fingerprint density at radius 1 is 0.773 bits per heavy atom. The first-order valence-electron chi connectivity index (χ1n) is 6.95. The number of carbonyl (C=O) groups is 1. The Morgan fingerprint density at radius 2 is 1.45 bits per heavy atom. The number of rotatable bonds is 3. The van der Waals surface area contributed by atoms with Crippen molar-refractivity contribution in [1.82, 2.24) is 0 Å². The van der Waals surface area contributed by atoms with Gasteiger partial charge < -0.3 is 5.32 Å². The molecule has 0 unspecified atom stereocenters. The molecule has 0 aromatic heterocycles. The third kappa shape index (κ3) is 3.35. The molecule has 1 amide bonds. The third-order valence-corrected chi connectivity index (χ3v) is 3.55. The summed E-state index contributed by atoms with van der Waals surface area (Å²) in [5.41, 5.74) is 3.42. The van der Waals surface area contributed by atoms with Gasteiger partial charge in [0.1, 0.15) is 0 Å². The molecule has 3 heteroatoms. The molecule has 3 aromatic rings. The molecule has 0 spiro atoms. The standard InChI is InChI=1S/C19H14ClNO/c20-17-10-4-8-15(12-17)16-9-5-11-18(13-16)21-19(22)14-6-2-1-3-7-14/h1-13H,(H,21,22). The predicted octanol–water partition coefficient (Wildman–Crippen LogP) is 5.26. The van der Waals surface area contributed by atoms with Crippen LogP contribution in [0.15, 0.2) is 78.9 Å². The zero-order valence-corrected chi connectivity index (χ0v) is 12.5. The first-order chi connectivity index (χ1) is 10.7. The average molecular weight is 308 g/mol. The van der Waals surface area contributed by atoms with Crippen LogP contribution in [-0.4, -0.2) is 5.91 Å². The van der Waals surface area contributed by atoms with Crippen molar-refractivity contribution in [2.24, 2.45) is 0 Å². The van der Waals surface area contributed by atoms with Crippen molar-refractivity contribution in [2.75, 3.05) is 5.32 Å². The van der Waals surface area contributed by atoms with E-state index in [1.165, 1.54) is 0 Å². The minimum absolute atomic E-state index is 0.121. The van der Waals surface area contributed by atoms with Crippen molar-refractivity contribution in [3.63, 3.8) is 0 Å². The first kappa shape index (κ1) is 14.4. The molecular formula is C19H14ClNO. The van der Waals surface area contributed by atoms with Crippen LogP contribution >= 0.6 is 11.6 Å². The molecular weight excluding hydrogens is 294 g/mol. The molecule has 2 nitrogen and oxygen atoms in total. The number of hydrogen-bond donors (Lipinski definition) is 1. The summed E-state index contributed by atoms with van der Waals surface area (Å²) in [7, 11) is 0. The van der Waals surface area contributed by atoms with Crippen molar-refractivity contribution in [3.8, 4) is 11.1 Å². The van der Waals surface area contributed by atoms with E-state index in [4.69, 9.17) is 11.6 Å². The lowest BCUT2D eigenvalue weighted by molar-refractivity contribution is 0.102. The van der Waals surface area contributed by atoms with E-state index in [2.05, 4.69) is 5.32 Å². The second kappa shape index (κ2) is 6.46. The number of nitrogens with one attached hydrogen (secondary N) is 1. The van der Waals surface area contributed by atoms with Gasteiger partial charge in [-0.3, -0.25) is 4.79 Å². The highest BCUT2D eigenvalue weighted by Gasteiger charge is 2.06. The van der Waals surface area contributed by atoms with Gasteiger partial charge in [0, 0.05) is 16.3 Å². The molecule has 0 atom stereocenters. The topological polar surface area (TPSA) is 29.1 Å². The van der Waals surface area contributed by atoms with E-state index in [0.717, 1.165) is 16.8 Å². The molecule has 1 N–H and O–H groups in total. The highest BCUT2D eigenvalue weighted by molar-refractivity contribution is 6.30. The fourth-order valence-electron chi connectivity index (χ4n) is 2.24. The lowest BCUT2D eigenvalue weighted by Crippen LogP contribution is -2.11. The quantitative estimate of drug-likeness (QED) is 0.702. The lowest BCUT2D eigenvalue weighted by Gasteiger charge is -2.08. The van der Waals surface area contributed by atoms with Gasteiger partial charge in [0.25, 0.3) is 5.91 Å². The maximum atomic E-state index is 12.2. The van der Waals surface area contributed by atoms with E-state index >= 15 is 0 Å². The molecule has 0 radical (unpaired) electrons. The maximum absolute atomic E-state index is 12.2. The number of hydrogen-bond acceptors (Lipinski definition) is 1. The van der Waals surface area contributed by atoms with E-state index in [1.54, 1.807) is 12.1 Å². The van der Waals surface area contributed by atoms with Crippen molar-refractivity contribution in [2.45, 2.75) is 0 Å². The normalized spacial score (nSPS) is 10.2. The minimum Gasteiger partial charge on any atom is -0.322 e. The van der Waals surface area contributed by atoms with Crippen molar-refractivity contribution >= 4 is 23.2 Å². The average Bonchev–Trinajstić information content (AvgIpc) is 2.56. The molecule has 0 aliphatic rings. The van der Waals surface area contributed by atoms with Gasteiger partial charge in [0.15, 0.2) is 0 Å². The summed E-state index contributed by atoms with van der Waals surface area (Å²) in [5, 5.41) is 3.60. The Kier molecular flexibility index (Phi) is 4.22. The fraction of sp³-hybridized carbons (Fsp3) is 0. The van der Waals surface area contributed by atoms with Gasteiger partial charge in [-0.15, -0.1) is 0 Å². The Morgan fingerprint density at radius 3 is 2.18 bits per heavy atom. The van der Waals surface area contributed by atoms with Gasteiger partial charge in [-0.05, 0) is 47.5 Å². The first-order valence-corrected chi connectivity index (χ1v) is 7.32. The lowest BCUT2D eigenvalue weighted by atomic mass is 10.1. The monoisotopic (exact) mass is 307 g/mol. The van der Waals surface area contributed by atoms with Crippen LogP contribution in [0.1, 0.15) is 10.4 Å². The minimum atomic E-state index is -0.121. The van der Waals surface area contributed by atoms with Gasteiger partial charge in [-0.25, -0.2) is 0 Å². The van der Waals surface area contributed by atoms with Crippen LogP contribution in [-0.2, 0) is 0 Å². The van der Waals surface area contributed by atoms with Gasteiger partial charge in [-0.2, -0.15) is 0 Å². The second-order valence-electron chi connectivity index (χ2n) is 4.91. The van der Waals surface area contributed by atoms with Crippen LogP contribution in [0.25, 0.3) is 11.1 Å². The van der Waals surface area contributed by atoms with Gasteiger partial charge in [0.2, 0.25) is 0 Å². The van der Waals surface area contributed by atoms with E-state index in [1.807, 2.05) is 66.7 Å². The summed E-state index contributed by atoms with van der Waals surface area (Å²) < 4.78 is 0. The summed E-state index contributed by atoms with van der Waals surface area (Å²) in [6, 6.07) is 24.5. The number of amides is 1. The Hall–Kier alpha value is -2.58. The number of carbonyl (C=O) groups excluding carboxylic acids is 1. The molecule has 0 saturated carbocycles. The summed E-state index contributed by atoms with van der Waals surface area (Å²) in [5.74, 6) is -0.121. The third-order valence-electron chi connectivity index (χ3n) is 3.31. The highest BCUT2D eigenvalue weighted by Crippen LogP contribution is 2.25. The van der Waals surface area contributed by atoms with Gasteiger partial charge in [0.05, 0.1) is 0 Å². The summed E-state index contributed by atoms with van der Waals surface area (Å²) in [6.45, 7) is 0. The Balaban J connectivity index is 1.84. The molecule has 22 heavy (non-hydrogen) atoms. The predicted molar refractivity (Wildman–Crippen MR) is 91.3 cm³/mol. The molecule has 0 bridgehead atoms. The smallest absolute Gasteiger partial charge is 0.255 e. The zero-order chi connectivity index (χ0) is 15.4. The number of anilines is 1.